The lowest BCUT2D eigenvalue weighted by Crippen LogP contribution is -2.15. The van der Waals surface area contributed by atoms with Crippen LogP contribution in [0.3, 0.4) is 0 Å². The maximum atomic E-state index is 13.1. The molecule has 1 aromatic heterocycles. The SMILES string of the molecule is CCCCNc1ccc(NS(=O)(=O)c2ccc(F)cc2C)nc1. The van der Waals surface area contributed by atoms with Crippen molar-refractivity contribution in [2.75, 3.05) is 16.6 Å². The third kappa shape index (κ3) is 4.66. The minimum atomic E-state index is -3.79. The van der Waals surface area contributed by atoms with Crippen molar-refractivity contribution in [3.05, 3.63) is 47.9 Å². The number of rotatable bonds is 7. The zero-order chi connectivity index (χ0) is 16.9. The van der Waals surface area contributed by atoms with Crippen molar-refractivity contribution in [1.29, 1.82) is 0 Å². The number of nitrogens with zero attached hydrogens (tertiary/aromatic N) is 1. The van der Waals surface area contributed by atoms with Gasteiger partial charge in [-0.25, -0.2) is 17.8 Å². The molecule has 0 fully saturated rings. The van der Waals surface area contributed by atoms with Gasteiger partial charge in [0.05, 0.1) is 16.8 Å². The van der Waals surface area contributed by atoms with E-state index in [1.807, 2.05) is 0 Å². The van der Waals surface area contributed by atoms with Crippen molar-refractivity contribution in [1.82, 2.24) is 4.98 Å². The lowest BCUT2D eigenvalue weighted by atomic mass is 10.2. The average molecular weight is 337 g/mol. The number of halogens is 1. The lowest BCUT2D eigenvalue weighted by Gasteiger charge is -2.10. The Balaban J connectivity index is 2.11. The van der Waals surface area contributed by atoms with E-state index < -0.39 is 15.8 Å². The Labute approximate surface area is 136 Å². The van der Waals surface area contributed by atoms with Crippen molar-refractivity contribution in [2.45, 2.75) is 31.6 Å². The van der Waals surface area contributed by atoms with Gasteiger partial charge in [-0.2, -0.15) is 0 Å². The normalized spacial score (nSPS) is 11.3. The van der Waals surface area contributed by atoms with Crippen LogP contribution in [0.1, 0.15) is 25.3 Å². The molecule has 0 aliphatic rings. The summed E-state index contributed by atoms with van der Waals surface area (Å²) in [7, 11) is -3.79. The molecule has 0 unspecified atom stereocenters. The molecular formula is C16H20FN3O2S. The Morgan fingerprint density at radius 1 is 1.22 bits per heavy atom. The summed E-state index contributed by atoms with van der Waals surface area (Å²) < 4.78 is 40.2. The van der Waals surface area contributed by atoms with Gasteiger partial charge in [-0.05, 0) is 49.2 Å². The first kappa shape index (κ1) is 17.2. The zero-order valence-electron chi connectivity index (χ0n) is 13.1. The predicted octanol–water partition coefficient (Wildman–Crippen LogP) is 3.54. The first-order valence-corrected chi connectivity index (χ1v) is 8.89. The van der Waals surface area contributed by atoms with Gasteiger partial charge < -0.3 is 5.32 Å². The van der Waals surface area contributed by atoms with E-state index in [4.69, 9.17) is 0 Å². The number of aromatic nitrogens is 1. The monoisotopic (exact) mass is 337 g/mol. The van der Waals surface area contributed by atoms with Crippen LogP contribution in [0.5, 0.6) is 0 Å². The van der Waals surface area contributed by atoms with Gasteiger partial charge in [0.15, 0.2) is 0 Å². The number of sulfonamides is 1. The highest BCUT2D eigenvalue weighted by Crippen LogP contribution is 2.19. The highest BCUT2D eigenvalue weighted by Gasteiger charge is 2.17. The second-order valence-electron chi connectivity index (χ2n) is 5.23. The molecule has 2 rings (SSSR count). The van der Waals surface area contributed by atoms with E-state index in [-0.39, 0.29) is 10.7 Å². The standard InChI is InChI=1S/C16H20FN3O2S/c1-3-4-9-18-14-6-8-16(19-11-14)20-23(21,22)15-7-5-13(17)10-12(15)2/h5-8,10-11,18H,3-4,9H2,1-2H3,(H,19,20). The third-order valence-corrected chi connectivity index (χ3v) is 4.80. The molecule has 0 spiro atoms. The molecule has 124 valence electrons. The summed E-state index contributed by atoms with van der Waals surface area (Å²) in [6, 6.07) is 6.90. The van der Waals surface area contributed by atoms with Crippen LogP contribution in [0, 0.1) is 12.7 Å². The van der Waals surface area contributed by atoms with E-state index in [2.05, 4.69) is 21.9 Å². The average Bonchev–Trinajstić information content (AvgIpc) is 2.48. The molecule has 0 aliphatic carbocycles. The number of unbranched alkanes of at least 4 members (excludes halogenated alkanes) is 1. The minimum Gasteiger partial charge on any atom is -0.384 e. The van der Waals surface area contributed by atoms with E-state index in [1.165, 1.54) is 12.1 Å². The Bertz CT molecular complexity index is 761. The maximum absolute atomic E-state index is 13.1. The van der Waals surface area contributed by atoms with E-state index in [1.54, 1.807) is 25.3 Å². The van der Waals surface area contributed by atoms with Crippen LogP contribution in [0.4, 0.5) is 15.9 Å². The molecule has 0 aliphatic heterocycles. The first-order chi connectivity index (χ1) is 10.9. The highest BCUT2D eigenvalue weighted by atomic mass is 32.2. The molecular weight excluding hydrogens is 317 g/mol. The van der Waals surface area contributed by atoms with Crippen molar-refractivity contribution >= 4 is 21.5 Å². The summed E-state index contributed by atoms with van der Waals surface area (Å²) in [6.07, 6.45) is 3.72. The third-order valence-electron chi connectivity index (χ3n) is 3.29. The molecule has 7 heteroatoms. The van der Waals surface area contributed by atoms with Crippen LogP contribution < -0.4 is 10.0 Å². The largest absolute Gasteiger partial charge is 0.384 e. The van der Waals surface area contributed by atoms with Crippen LogP contribution in [0.25, 0.3) is 0 Å². The van der Waals surface area contributed by atoms with Crippen molar-refractivity contribution in [2.24, 2.45) is 0 Å². The molecule has 0 saturated carbocycles. The van der Waals surface area contributed by atoms with Gasteiger partial charge in [0, 0.05) is 6.54 Å². The lowest BCUT2D eigenvalue weighted by molar-refractivity contribution is 0.598. The topological polar surface area (TPSA) is 71.1 Å². The van der Waals surface area contributed by atoms with Crippen molar-refractivity contribution in [3.8, 4) is 0 Å². The molecule has 0 radical (unpaired) electrons. The van der Waals surface area contributed by atoms with E-state index in [0.29, 0.717) is 5.56 Å². The Morgan fingerprint density at radius 2 is 2.00 bits per heavy atom. The molecule has 23 heavy (non-hydrogen) atoms. The summed E-state index contributed by atoms with van der Waals surface area (Å²) in [5, 5.41) is 3.20. The quantitative estimate of drug-likeness (QED) is 0.758. The molecule has 0 saturated heterocycles. The fourth-order valence-electron chi connectivity index (χ4n) is 2.08. The van der Waals surface area contributed by atoms with E-state index >= 15 is 0 Å². The van der Waals surface area contributed by atoms with Gasteiger partial charge in [0.2, 0.25) is 0 Å². The minimum absolute atomic E-state index is 0.0332. The molecule has 0 atom stereocenters. The summed E-state index contributed by atoms with van der Waals surface area (Å²) in [5.41, 5.74) is 1.18. The van der Waals surface area contributed by atoms with Gasteiger partial charge in [-0.15, -0.1) is 0 Å². The van der Waals surface area contributed by atoms with Crippen molar-refractivity contribution in [3.63, 3.8) is 0 Å². The summed E-state index contributed by atoms with van der Waals surface area (Å²) >= 11 is 0. The second kappa shape index (κ2) is 7.41. The first-order valence-electron chi connectivity index (χ1n) is 7.41. The van der Waals surface area contributed by atoms with Gasteiger partial charge in [0.1, 0.15) is 11.6 Å². The van der Waals surface area contributed by atoms with Crippen LogP contribution in [-0.4, -0.2) is 19.9 Å². The maximum Gasteiger partial charge on any atom is 0.263 e. The van der Waals surface area contributed by atoms with Gasteiger partial charge in [0.25, 0.3) is 10.0 Å². The Hall–Kier alpha value is -2.15. The van der Waals surface area contributed by atoms with Gasteiger partial charge >= 0.3 is 0 Å². The second-order valence-corrected chi connectivity index (χ2v) is 6.88. The number of aryl methyl sites for hydroxylation is 1. The molecule has 5 nitrogen and oxygen atoms in total. The Morgan fingerprint density at radius 3 is 2.61 bits per heavy atom. The van der Waals surface area contributed by atoms with Crippen LogP contribution in [0.15, 0.2) is 41.4 Å². The van der Waals surface area contributed by atoms with Crippen LogP contribution >= 0.6 is 0 Å². The predicted molar refractivity (Wildman–Crippen MR) is 89.6 cm³/mol. The number of anilines is 2. The molecule has 2 N–H and O–H groups in total. The molecule has 0 amide bonds. The highest BCUT2D eigenvalue weighted by molar-refractivity contribution is 7.92. The van der Waals surface area contributed by atoms with E-state index in [0.717, 1.165) is 31.1 Å². The zero-order valence-corrected chi connectivity index (χ0v) is 14.0. The Kier molecular flexibility index (Phi) is 5.54. The molecule has 1 aromatic carbocycles. The molecule has 2 aromatic rings. The smallest absolute Gasteiger partial charge is 0.263 e. The van der Waals surface area contributed by atoms with Gasteiger partial charge in [-0.3, -0.25) is 4.72 Å². The van der Waals surface area contributed by atoms with Crippen LogP contribution in [-0.2, 0) is 10.0 Å². The fourth-order valence-corrected chi connectivity index (χ4v) is 3.31. The number of hydrogen-bond donors (Lipinski definition) is 2. The number of nitrogens with one attached hydrogen (secondary N) is 2. The summed E-state index contributed by atoms with van der Waals surface area (Å²) in [4.78, 5) is 4.12. The van der Waals surface area contributed by atoms with Crippen LogP contribution in [0.2, 0.25) is 0 Å². The van der Waals surface area contributed by atoms with E-state index in [9.17, 15) is 12.8 Å². The molecule has 0 bridgehead atoms. The summed E-state index contributed by atoms with van der Waals surface area (Å²) in [5.74, 6) is -0.253. The van der Waals surface area contributed by atoms with Crippen molar-refractivity contribution < 1.29 is 12.8 Å². The fraction of sp³-hybridized carbons (Fsp3) is 0.312. The number of pyridine rings is 1. The molecule has 1 heterocycles. The number of benzene rings is 1. The van der Waals surface area contributed by atoms with Gasteiger partial charge in [-0.1, -0.05) is 13.3 Å². The number of hydrogen-bond acceptors (Lipinski definition) is 4. The summed E-state index contributed by atoms with van der Waals surface area (Å²) in [6.45, 7) is 4.50.